The van der Waals surface area contributed by atoms with Gasteiger partial charge < -0.3 is 4.74 Å². The van der Waals surface area contributed by atoms with E-state index in [0.717, 1.165) is 4.90 Å². The van der Waals surface area contributed by atoms with Gasteiger partial charge in [-0.15, -0.1) is 0 Å². The average molecular weight is 320 g/mol. The Morgan fingerprint density at radius 1 is 1.44 bits per heavy atom. The smallest absolute Gasteiger partial charge is 0.329 e. The van der Waals surface area contributed by atoms with Gasteiger partial charge in [0.15, 0.2) is 10.1 Å². The molecule has 2 amide bonds. The molecular weight excluding hydrogens is 306 g/mol. The van der Waals surface area contributed by atoms with Gasteiger partial charge in [-0.25, -0.2) is 4.79 Å². The minimum Gasteiger partial charge on any atom is -0.467 e. The van der Waals surface area contributed by atoms with Crippen LogP contribution in [0.1, 0.15) is 26.7 Å². The van der Waals surface area contributed by atoms with E-state index in [1.807, 2.05) is 0 Å². The highest BCUT2D eigenvalue weighted by atomic mass is 79.9. The molecule has 1 unspecified atom stereocenters. The second kappa shape index (κ2) is 5.17. The molecule has 6 nitrogen and oxygen atoms in total. The quantitative estimate of drug-likeness (QED) is 0.428. The summed E-state index contributed by atoms with van der Waals surface area (Å²) in [7, 11) is 1.19. The minimum absolute atomic E-state index is 0.0898. The summed E-state index contributed by atoms with van der Waals surface area (Å²) < 4.78 is 3.05. The Bertz CT molecular complexity index is 418. The number of likely N-dealkylation sites (tertiary alicyclic amines) is 1. The lowest BCUT2D eigenvalue weighted by molar-refractivity contribution is -0.157. The Morgan fingerprint density at radius 2 is 2.00 bits per heavy atom. The van der Waals surface area contributed by atoms with E-state index in [1.165, 1.54) is 21.0 Å². The Balaban J connectivity index is 3.05. The van der Waals surface area contributed by atoms with Gasteiger partial charge in [0.2, 0.25) is 5.91 Å². The van der Waals surface area contributed by atoms with Crippen molar-refractivity contribution in [3.8, 4) is 0 Å². The Kier molecular flexibility index (Phi) is 4.26. The predicted octanol–water partition coefficient (Wildman–Crippen LogP) is 0.420. The number of carbonyl (C=O) groups excluding carboxylic acids is 4. The van der Waals surface area contributed by atoms with E-state index in [-0.39, 0.29) is 12.8 Å². The predicted molar refractivity (Wildman–Crippen MR) is 64.9 cm³/mol. The normalized spacial score (nSPS) is 22.6. The molecule has 100 valence electrons. The summed E-state index contributed by atoms with van der Waals surface area (Å²) in [5.41, 5.74) is 0. The molecule has 1 saturated heterocycles. The molecule has 0 aromatic rings. The van der Waals surface area contributed by atoms with Gasteiger partial charge in [-0.3, -0.25) is 19.3 Å². The van der Waals surface area contributed by atoms with Crippen LogP contribution in [0.2, 0.25) is 0 Å². The number of carbonyl (C=O) groups is 4. The summed E-state index contributed by atoms with van der Waals surface area (Å²) in [6.45, 7) is 2.60. The molecule has 0 radical (unpaired) electrons. The summed E-state index contributed by atoms with van der Waals surface area (Å²) in [5.74, 6) is -2.29. The largest absolute Gasteiger partial charge is 0.467 e. The fraction of sp³-hybridized carbons (Fsp3) is 0.636. The molecule has 1 aliphatic heterocycles. The molecule has 1 aliphatic rings. The molecule has 0 aromatic carbocycles. The fourth-order valence-corrected chi connectivity index (χ4v) is 1.87. The number of rotatable bonds is 3. The van der Waals surface area contributed by atoms with Crippen LogP contribution in [0.3, 0.4) is 0 Å². The topological polar surface area (TPSA) is 80.8 Å². The van der Waals surface area contributed by atoms with Crippen molar-refractivity contribution in [1.82, 2.24) is 4.90 Å². The maximum absolute atomic E-state index is 12.2. The van der Waals surface area contributed by atoms with E-state index in [1.54, 1.807) is 0 Å². The molecule has 0 saturated carbocycles. The summed E-state index contributed by atoms with van der Waals surface area (Å²) >= 11 is 3.00. The standard InChI is InChI=1S/C11H14BrNO5/c1-6(14)11(2,12)10(17)13-7(9(16)18-3)4-5-8(13)15/h7H,4-5H2,1-3H3/t7-,11?/m0/s1. The molecular formula is C11H14BrNO5. The van der Waals surface area contributed by atoms with Crippen LogP contribution in [0.5, 0.6) is 0 Å². The highest BCUT2D eigenvalue weighted by molar-refractivity contribution is 9.10. The van der Waals surface area contributed by atoms with E-state index in [4.69, 9.17) is 0 Å². The van der Waals surface area contributed by atoms with Crippen molar-refractivity contribution in [2.24, 2.45) is 0 Å². The van der Waals surface area contributed by atoms with Gasteiger partial charge in [-0.05, 0) is 20.3 Å². The summed E-state index contributed by atoms with van der Waals surface area (Å²) in [4.78, 5) is 47.6. The highest BCUT2D eigenvalue weighted by Crippen LogP contribution is 2.28. The zero-order valence-electron chi connectivity index (χ0n) is 10.4. The van der Waals surface area contributed by atoms with E-state index < -0.39 is 33.9 Å². The molecule has 0 bridgehead atoms. The first kappa shape index (κ1) is 14.8. The van der Waals surface area contributed by atoms with Crippen LogP contribution in [0.4, 0.5) is 0 Å². The lowest BCUT2D eigenvalue weighted by atomic mass is 10.1. The number of esters is 1. The lowest BCUT2D eigenvalue weighted by Gasteiger charge is -2.27. The van der Waals surface area contributed by atoms with Gasteiger partial charge in [0.25, 0.3) is 5.91 Å². The van der Waals surface area contributed by atoms with E-state index in [9.17, 15) is 19.2 Å². The molecule has 1 rings (SSSR count). The number of ketones is 1. The van der Waals surface area contributed by atoms with E-state index in [0.29, 0.717) is 0 Å². The number of amides is 2. The SMILES string of the molecule is COC(=O)[C@@H]1CCC(=O)N1C(=O)C(C)(Br)C(C)=O. The second-order valence-electron chi connectivity index (χ2n) is 4.21. The first-order chi connectivity index (χ1) is 8.23. The molecule has 0 spiro atoms. The summed E-state index contributed by atoms with van der Waals surface area (Å²) in [5, 5.41) is 0. The molecule has 0 N–H and O–H groups in total. The zero-order valence-corrected chi connectivity index (χ0v) is 11.9. The van der Waals surface area contributed by atoms with Crippen LogP contribution in [0, 0.1) is 0 Å². The number of imide groups is 1. The van der Waals surface area contributed by atoms with Gasteiger partial charge in [0, 0.05) is 6.42 Å². The van der Waals surface area contributed by atoms with Crippen LogP contribution < -0.4 is 0 Å². The summed E-state index contributed by atoms with van der Waals surface area (Å²) in [6.07, 6.45) is 0.310. The van der Waals surface area contributed by atoms with Crippen molar-refractivity contribution in [1.29, 1.82) is 0 Å². The first-order valence-corrected chi connectivity index (χ1v) is 6.17. The molecule has 0 aromatic heterocycles. The maximum Gasteiger partial charge on any atom is 0.329 e. The van der Waals surface area contributed by atoms with Gasteiger partial charge in [-0.2, -0.15) is 0 Å². The van der Waals surface area contributed by atoms with Gasteiger partial charge in [-0.1, -0.05) is 15.9 Å². The van der Waals surface area contributed by atoms with Crippen LogP contribution in [0.15, 0.2) is 0 Å². The lowest BCUT2D eigenvalue weighted by Crippen LogP contribution is -2.52. The fourth-order valence-electron chi connectivity index (χ4n) is 1.67. The Morgan fingerprint density at radius 3 is 2.44 bits per heavy atom. The molecule has 0 aliphatic carbocycles. The number of nitrogens with zero attached hydrogens (tertiary/aromatic N) is 1. The minimum atomic E-state index is -1.50. The average Bonchev–Trinajstić information content (AvgIpc) is 2.68. The zero-order chi connectivity index (χ0) is 14.1. The number of ether oxygens (including phenoxy) is 1. The van der Waals surface area contributed by atoms with Crippen LogP contribution >= 0.6 is 15.9 Å². The second-order valence-corrected chi connectivity index (χ2v) is 5.79. The summed E-state index contributed by atoms with van der Waals surface area (Å²) in [6, 6.07) is -0.939. The van der Waals surface area contributed by atoms with Gasteiger partial charge in [0.05, 0.1) is 7.11 Å². The van der Waals surface area contributed by atoms with Crippen molar-refractivity contribution in [2.45, 2.75) is 37.1 Å². The van der Waals surface area contributed by atoms with Crippen molar-refractivity contribution >= 4 is 39.5 Å². The number of hydrogen-bond donors (Lipinski definition) is 0. The molecule has 2 atom stereocenters. The molecule has 7 heteroatoms. The van der Waals surface area contributed by atoms with Crippen molar-refractivity contribution in [3.63, 3.8) is 0 Å². The van der Waals surface area contributed by atoms with Crippen molar-refractivity contribution in [2.75, 3.05) is 7.11 Å². The number of Topliss-reactive ketones (excluding diaryl/α,β-unsaturated/α-hetero) is 1. The number of alkyl halides is 1. The number of methoxy groups -OCH3 is 1. The number of hydrogen-bond acceptors (Lipinski definition) is 5. The number of halogens is 1. The van der Waals surface area contributed by atoms with E-state index >= 15 is 0 Å². The van der Waals surface area contributed by atoms with Crippen molar-refractivity contribution in [3.05, 3.63) is 0 Å². The monoisotopic (exact) mass is 319 g/mol. The Labute approximate surface area is 113 Å². The highest BCUT2D eigenvalue weighted by Gasteiger charge is 2.48. The van der Waals surface area contributed by atoms with Crippen LogP contribution in [0.25, 0.3) is 0 Å². The third-order valence-electron chi connectivity index (χ3n) is 2.97. The van der Waals surface area contributed by atoms with Gasteiger partial charge in [0.1, 0.15) is 6.04 Å². The third kappa shape index (κ3) is 2.45. The molecule has 1 heterocycles. The maximum atomic E-state index is 12.2. The van der Waals surface area contributed by atoms with Crippen LogP contribution in [-0.4, -0.2) is 45.9 Å². The van der Waals surface area contributed by atoms with E-state index in [2.05, 4.69) is 20.7 Å². The van der Waals surface area contributed by atoms with Crippen molar-refractivity contribution < 1.29 is 23.9 Å². The molecule has 1 fully saturated rings. The van der Waals surface area contributed by atoms with Gasteiger partial charge >= 0.3 is 5.97 Å². The molecule has 18 heavy (non-hydrogen) atoms. The van der Waals surface area contributed by atoms with Crippen LogP contribution in [-0.2, 0) is 23.9 Å². The first-order valence-electron chi connectivity index (χ1n) is 5.37. The Hall–Kier alpha value is -1.24. The third-order valence-corrected chi connectivity index (χ3v) is 3.86.